The number of aromatic nitrogens is 2. The summed E-state index contributed by atoms with van der Waals surface area (Å²) in [7, 11) is 1.22. The minimum atomic E-state index is -1.06. The maximum Gasteiger partial charge on any atom is 0.330 e. The van der Waals surface area contributed by atoms with Crippen molar-refractivity contribution in [3.05, 3.63) is 66.2 Å². The van der Waals surface area contributed by atoms with E-state index in [2.05, 4.69) is 25.9 Å². The van der Waals surface area contributed by atoms with Crippen LogP contribution in [0.1, 0.15) is 37.4 Å². The number of imidazole rings is 1. The van der Waals surface area contributed by atoms with Gasteiger partial charge in [0.15, 0.2) is 5.78 Å². The molecule has 11 heteroatoms. The van der Waals surface area contributed by atoms with Gasteiger partial charge in [-0.1, -0.05) is 42.5 Å². The number of esters is 1. The molecule has 218 valence electrons. The fraction of sp³-hybridized carbons (Fsp3) is 0.433. The molecule has 0 saturated carbocycles. The van der Waals surface area contributed by atoms with Crippen LogP contribution in [0, 0.1) is 0 Å². The Morgan fingerprint density at radius 3 is 2.66 bits per heavy atom. The Morgan fingerprint density at radius 2 is 1.95 bits per heavy atom. The van der Waals surface area contributed by atoms with Gasteiger partial charge in [0.25, 0.3) is 0 Å². The molecule has 4 N–H and O–H groups in total. The molecule has 3 atom stereocenters. The van der Waals surface area contributed by atoms with E-state index in [4.69, 9.17) is 4.74 Å². The number of rotatable bonds is 14. The molecule has 0 radical (unpaired) electrons. The molecule has 2 aromatic carbocycles. The van der Waals surface area contributed by atoms with Crippen molar-refractivity contribution in [2.75, 3.05) is 26.7 Å². The monoisotopic (exact) mass is 562 g/mol. The Labute approximate surface area is 239 Å². The number of amides is 2. The second-order valence-corrected chi connectivity index (χ2v) is 10.3. The summed E-state index contributed by atoms with van der Waals surface area (Å²) in [6.45, 7) is 2.24. The van der Waals surface area contributed by atoms with Crippen LogP contribution in [0.25, 0.3) is 10.8 Å². The van der Waals surface area contributed by atoms with Crippen molar-refractivity contribution in [2.24, 2.45) is 0 Å². The lowest BCUT2D eigenvalue weighted by Crippen LogP contribution is -2.56. The van der Waals surface area contributed by atoms with E-state index in [1.54, 1.807) is 12.5 Å². The predicted molar refractivity (Wildman–Crippen MR) is 154 cm³/mol. The Kier molecular flexibility index (Phi) is 10.6. The molecule has 0 aliphatic carbocycles. The number of carbonyl (C=O) groups excluding carboxylic acids is 4. The number of methoxy groups -OCH3 is 1. The lowest BCUT2D eigenvalue weighted by atomic mass is 9.95. The normalized spacial score (nSPS) is 16.3. The van der Waals surface area contributed by atoms with Gasteiger partial charge in [-0.2, -0.15) is 0 Å². The van der Waals surface area contributed by atoms with E-state index in [9.17, 15) is 19.2 Å². The summed E-state index contributed by atoms with van der Waals surface area (Å²) < 4.78 is 4.84. The number of nitrogens with zero attached hydrogens (tertiary/aromatic N) is 2. The molecule has 0 bridgehead atoms. The minimum absolute atomic E-state index is 0.0169. The van der Waals surface area contributed by atoms with Crippen molar-refractivity contribution in [1.29, 1.82) is 0 Å². The van der Waals surface area contributed by atoms with E-state index >= 15 is 0 Å². The number of ether oxygens (including phenoxy) is 1. The smallest absolute Gasteiger partial charge is 0.330 e. The summed E-state index contributed by atoms with van der Waals surface area (Å²) in [6, 6.07) is 12.3. The van der Waals surface area contributed by atoms with E-state index < -0.39 is 24.0 Å². The Morgan fingerprint density at radius 1 is 1.15 bits per heavy atom. The van der Waals surface area contributed by atoms with Crippen LogP contribution >= 0.6 is 0 Å². The molecular formula is C30H38N6O5. The fourth-order valence-corrected chi connectivity index (χ4v) is 5.40. The van der Waals surface area contributed by atoms with Gasteiger partial charge in [0.1, 0.15) is 6.04 Å². The Bertz CT molecular complexity index is 1330. The molecule has 1 unspecified atom stereocenters. The molecule has 1 saturated heterocycles. The highest BCUT2D eigenvalue weighted by Gasteiger charge is 2.36. The van der Waals surface area contributed by atoms with Gasteiger partial charge >= 0.3 is 5.97 Å². The van der Waals surface area contributed by atoms with Gasteiger partial charge in [0.05, 0.1) is 31.7 Å². The van der Waals surface area contributed by atoms with Gasteiger partial charge in [-0.3, -0.25) is 19.3 Å². The predicted octanol–water partition coefficient (Wildman–Crippen LogP) is 1.48. The van der Waals surface area contributed by atoms with Gasteiger partial charge in [-0.25, -0.2) is 9.78 Å². The Hall–Kier alpha value is -4.09. The molecular weight excluding hydrogens is 524 g/mol. The maximum absolute atomic E-state index is 13.9. The van der Waals surface area contributed by atoms with Crippen LogP contribution in [0.5, 0.6) is 0 Å². The minimum Gasteiger partial charge on any atom is -0.467 e. The van der Waals surface area contributed by atoms with E-state index in [1.165, 1.54) is 14.0 Å². The van der Waals surface area contributed by atoms with Crippen LogP contribution in [0.4, 0.5) is 0 Å². The summed E-state index contributed by atoms with van der Waals surface area (Å²) in [6.07, 6.45) is 5.86. The van der Waals surface area contributed by atoms with E-state index in [1.807, 2.05) is 47.4 Å². The molecule has 1 aromatic heterocycles. The highest BCUT2D eigenvalue weighted by molar-refractivity contribution is 5.89. The first-order valence-electron chi connectivity index (χ1n) is 13.9. The number of fused-ring (bicyclic) bond motifs is 1. The zero-order chi connectivity index (χ0) is 29.2. The van der Waals surface area contributed by atoms with Crippen molar-refractivity contribution in [3.63, 3.8) is 0 Å². The molecule has 1 aliphatic rings. The summed E-state index contributed by atoms with van der Waals surface area (Å²) in [4.78, 5) is 60.2. The third kappa shape index (κ3) is 8.21. The topological polar surface area (TPSA) is 146 Å². The lowest BCUT2D eigenvalue weighted by molar-refractivity contribution is -0.145. The highest BCUT2D eigenvalue weighted by atomic mass is 16.5. The number of ketones is 1. The number of benzene rings is 2. The average Bonchev–Trinajstić information content (AvgIpc) is 3.69. The SMILES string of the molecule is COC(=O)[C@H](CNC(C)=O)NC(=O)CN(Cc1cccc2ccccc12)C(C(=O)CCc1c[nH]cn1)[C@@H]1CCCN1. The maximum atomic E-state index is 13.9. The van der Waals surface area contributed by atoms with Crippen LogP contribution in [0.2, 0.25) is 0 Å². The molecule has 41 heavy (non-hydrogen) atoms. The number of nitrogens with one attached hydrogen (secondary N) is 4. The first-order chi connectivity index (χ1) is 19.9. The lowest BCUT2D eigenvalue weighted by Gasteiger charge is -2.35. The molecule has 2 amide bonds. The fourth-order valence-electron chi connectivity index (χ4n) is 5.40. The largest absolute Gasteiger partial charge is 0.467 e. The first-order valence-corrected chi connectivity index (χ1v) is 13.9. The number of hydrogen-bond donors (Lipinski definition) is 4. The van der Waals surface area contributed by atoms with Gasteiger partial charge < -0.3 is 25.7 Å². The van der Waals surface area contributed by atoms with Crippen molar-refractivity contribution >= 4 is 34.3 Å². The van der Waals surface area contributed by atoms with Crippen molar-refractivity contribution in [1.82, 2.24) is 30.8 Å². The third-order valence-corrected chi connectivity index (χ3v) is 7.36. The summed E-state index contributed by atoms with van der Waals surface area (Å²) >= 11 is 0. The molecule has 4 rings (SSSR count). The van der Waals surface area contributed by atoms with E-state index in [0.717, 1.165) is 41.4 Å². The van der Waals surface area contributed by atoms with E-state index in [0.29, 0.717) is 13.0 Å². The van der Waals surface area contributed by atoms with Crippen LogP contribution in [-0.4, -0.2) is 83.3 Å². The van der Waals surface area contributed by atoms with E-state index in [-0.39, 0.29) is 37.2 Å². The first kappa shape index (κ1) is 29.9. The highest BCUT2D eigenvalue weighted by Crippen LogP contribution is 2.24. The standard InChI is InChI=1S/C30H38N6O5/c1-20(37)33-16-26(30(40)41-2)35-28(39)18-36(17-22-9-5-8-21-7-3-4-10-24(21)22)29(25-11-6-14-32-25)27(38)13-12-23-15-31-19-34-23/h3-5,7-10,15,19,25-26,29,32H,6,11-14,16-18H2,1-2H3,(H,31,34)(H,33,37)(H,35,39)/t25-,26-,29?/m0/s1. The quantitative estimate of drug-likeness (QED) is 0.216. The van der Waals surface area contributed by atoms with Crippen molar-refractivity contribution in [3.8, 4) is 0 Å². The van der Waals surface area contributed by atoms with Gasteiger partial charge in [-0.15, -0.1) is 0 Å². The number of carbonyl (C=O) groups is 4. The van der Waals surface area contributed by atoms with Crippen LogP contribution in [-0.2, 0) is 36.9 Å². The van der Waals surface area contributed by atoms with Gasteiger partial charge in [0.2, 0.25) is 11.8 Å². The number of Topliss-reactive ketones (excluding diaryl/α,β-unsaturated/α-hetero) is 1. The van der Waals surface area contributed by atoms with Crippen molar-refractivity contribution < 1.29 is 23.9 Å². The van der Waals surface area contributed by atoms with Gasteiger partial charge in [0, 0.05) is 38.7 Å². The zero-order valence-electron chi connectivity index (χ0n) is 23.5. The van der Waals surface area contributed by atoms with Crippen LogP contribution in [0.15, 0.2) is 55.0 Å². The third-order valence-electron chi connectivity index (χ3n) is 7.36. The van der Waals surface area contributed by atoms with Gasteiger partial charge in [-0.05, 0) is 42.1 Å². The summed E-state index contributed by atoms with van der Waals surface area (Å²) in [5, 5.41) is 10.8. The number of aryl methyl sites for hydroxylation is 1. The van der Waals surface area contributed by atoms with Crippen molar-refractivity contribution in [2.45, 2.75) is 57.3 Å². The number of H-pyrrole nitrogens is 1. The van der Waals surface area contributed by atoms with Crippen LogP contribution < -0.4 is 16.0 Å². The molecule has 2 heterocycles. The second kappa shape index (κ2) is 14.5. The average molecular weight is 563 g/mol. The Balaban J connectivity index is 1.62. The summed E-state index contributed by atoms with van der Waals surface area (Å²) in [5.41, 5.74) is 1.79. The van der Waals surface area contributed by atoms with Crippen LogP contribution in [0.3, 0.4) is 0 Å². The zero-order valence-corrected chi connectivity index (χ0v) is 23.5. The molecule has 11 nitrogen and oxygen atoms in total. The molecule has 0 spiro atoms. The summed E-state index contributed by atoms with van der Waals surface area (Å²) in [5.74, 6) is -1.44. The molecule has 1 aliphatic heterocycles. The molecule has 1 fully saturated rings. The number of aromatic amines is 1. The number of hydrogen-bond acceptors (Lipinski definition) is 8. The second-order valence-electron chi connectivity index (χ2n) is 10.3. The molecule has 3 aromatic rings.